The number of nitrogens with zero attached hydrogens (tertiary/aromatic N) is 1. The molecule has 0 saturated carbocycles. The van der Waals surface area contributed by atoms with E-state index in [9.17, 15) is 9.59 Å². The van der Waals surface area contributed by atoms with Gasteiger partial charge in [-0.3, -0.25) is 9.79 Å². The molecular weight excluding hydrogens is 292 g/mol. The number of nitrogens with one attached hydrogen (secondary N) is 1. The Kier molecular flexibility index (Phi) is 9.60. The lowest BCUT2D eigenvalue weighted by atomic mass is 10.0. The van der Waals surface area contributed by atoms with Crippen molar-refractivity contribution < 1.29 is 14.7 Å². The van der Waals surface area contributed by atoms with E-state index in [2.05, 4.69) is 22.9 Å². The first-order chi connectivity index (χ1) is 9.77. The molecule has 1 amide bonds. The van der Waals surface area contributed by atoms with E-state index >= 15 is 0 Å². The van der Waals surface area contributed by atoms with Crippen LogP contribution in [0.25, 0.3) is 0 Å². The number of carbonyl (C=O) groups excluding carboxylic acids is 1. The molecule has 6 N–H and O–H groups in total. The molecule has 0 aliphatic rings. The zero-order chi connectivity index (χ0) is 16.4. The van der Waals surface area contributed by atoms with Crippen LogP contribution in [0.2, 0.25) is 0 Å². The summed E-state index contributed by atoms with van der Waals surface area (Å²) in [5, 5.41) is 11.7. The third-order valence-corrected chi connectivity index (χ3v) is 3.36. The Bertz CT molecular complexity index is 370. The van der Waals surface area contributed by atoms with Crippen molar-refractivity contribution in [2.45, 2.75) is 39.2 Å². The largest absolute Gasteiger partial charge is 0.480 e. The monoisotopic (exact) mass is 318 g/mol. The maximum Gasteiger partial charge on any atom is 0.326 e. The normalized spacial score (nSPS) is 13.5. The topological polar surface area (TPSA) is 131 Å². The van der Waals surface area contributed by atoms with E-state index in [1.54, 1.807) is 0 Å². The van der Waals surface area contributed by atoms with Crippen molar-refractivity contribution in [2.75, 3.05) is 12.3 Å². The van der Waals surface area contributed by atoms with Crippen molar-refractivity contribution in [3.8, 4) is 0 Å². The summed E-state index contributed by atoms with van der Waals surface area (Å²) in [5.41, 5.74) is 10.4. The van der Waals surface area contributed by atoms with Crippen LogP contribution in [0.1, 0.15) is 33.1 Å². The summed E-state index contributed by atoms with van der Waals surface area (Å²) >= 11 is 4.15. The van der Waals surface area contributed by atoms with Gasteiger partial charge in [-0.05, 0) is 25.2 Å². The third kappa shape index (κ3) is 9.17. The first-order valence-electron chi connectivity index (χ1n) is 6.97. The number of guanidine groups is 1. The summed E-state index contributed by atoms with van der Waals surface area (Å²) < 4.78 is 0. The molecule has 8 heteroatoms. The fraction of sp³-hybridized carbons (Fsp3) is 0.769. The van der Waals surface area contributed by atoms with E-state index < -0.39 is 12.0 Å². The molecule has 0 heterocycles. The van der Waals surface area contributed by atoms with Crippen LogP contribution in [0.5, 0.6) is 0 Å². The highest BCUT2D eigenvalue weighted by atomic mass is 32.1. The average molecular weight is 318 g/mol. The molecule has 0 spiro atoms. The van der Waals surface area contributed by atoms with E-state index in [-0.39, 0.29) is 23.7 Å². The molecule has 0 rings (SSSR count). The number of amides is 1. The van der Waals surface area contributed by atoms with Crippen LogP contribution in [0.4, 0.5) is 0 Å². The Morgan fingerprint density at radius 2 is 1.95 bits per heavy atom. The first kappa shape index (κ1) is 19.6. The molecule has 0 radical (unpaired) electrons. The number of aliphatic carboxylic acids is 1. The number of thiol groups is 1. The number of hydrogen-bond donors (Lipinski definition) is 5. The van der Waals surface area contributed by atoms with E-state index in [1.165, 1.54) is 0 Å². The number of carboxylic acids is 1. The van der Waals surface area contributed by atoms with Gasteiger partial charge in [0.05, 0.1) is 0 Å². The molecule has 7 nitrogen and oxygen atoms in total. The van der Waals surface area contributed by atoms with Crippen LogP contribution in [0.15, 0.2) is 4.99 Å². The lowest BCUT2D eigenvalue weighted by Crippen LogP contribution is -2.44. The zero-order valence-electron chi connectivity index (χ0n) is 12.6. The van der Waals surface area contributed by atoms with Crippen molar-refractivity contribution in [1.82, 2.24) is 5.32 Å². The summed E-state index contributed by atoms with van der Waals surface area (Å²) in [6.07, 6.45) is 1.59. The Morgan fingerprint density at radius 1 is 1.33 bits per heavy atom. The number of nitrogens with two attached hydrogens (primary N) is 2. The Hall–Kier alpha value is -1.44. The van der Waals surface area contributed by atoms with Crippen molar-refractivity contribution in [3.63, 3.8) is 0 Å². The molecule has 1 unspecified atom stereocenters. The van der Waals surface area contributed by atoms with Crippen molar-refractivity contribution in [1.29, 1.82) is 0 Å². The molecule has 21 heavy (non-hydrogen) atoms. The second kappa shape index (κ2) is 10.3. The smallest absolute Gasteiger partial charge is 0.326 e. The molecule has 0 bridgehead atoms. The lowest BCUT2D eigenvalue weighted by Gasteiger charge is -2.20. The predicted molar refractivity (Wildman–Crippen MR) is 86.3 cm³/mol. The fourth-order valence-corrected chi connectivity index (χ4v) is 2.18. The molecular formula is C13H26N4O3S. The predicted octanol–water partition coefficient (Wildman–Crippen LogP) is 0.202. The van der Waals surface area contributed by atoms with E-state index in [4.69, 9.17) is 16.6 Å². The molecule has 0 aliphatic carbocycles. The molecule has 0 aromatic carbocycles. The Labute approximate surface area is 131 Å². The highest BCUT2D eigenvalue weighted by Crippen LogP contribution is 2.11. The van der Waals surface area contributed by atoms with Crippen LogP contribution in [0.3, 0.4) is 0 Å². The van der Waals surface area contributed by atoms with E-state index in [0.717, 1.165) is 0 Å². The second-order valence-electron chi connectivity index (χ2n) is 5.36. The number of rotatable bonds is 10. The van der Waals surface area contributed by atoms with Crippen molar-refractivity contribution in [3.05, 3.63) is 0 Å². The molecule has 0 aromatic rings. The van der Waals surface area contributed by atoms with Gasteiger partial charge in [0.15, 0.2) is 5.96 Å². The standard InChI is InChI=1S/C13H26N4O3S/c1-8(2)6-10(12(19)20)17-11(18)9(7-21)4-3-5-16-13(14)15/h8-10,21H,3-7H2,1-2H3,(H,17,18)(H,19,20)(H4,14,15,16)/t9?,10-/m0/s1. The van der Waals surface area contributed by atoms with Gasteiger partial charge >= 0.3 is 5.97 Å². The maximum absolute atomic E-state index is 12.1. The Balaban J connectivity index is 4.41. The molecule has 2 atom stereocenters. The number of carbonyl (C=O) groups is 2. The summed E-state index contributed by atoms with van der Waals surface area (Å²) in [6.45, 7) is 4.26. The summed E-state index contributed by atoms with van der Waals surface area (Å²) in [7, 11) is 0. The molecule has 0 fully saturated rings. The average Bonchev–Trinajstić information content (AvgIpc) is 2.36. The van der Waals surface area contributed by atoms with E-state index in [0.29, 0.717) is 31.6 Å². The number of carboxylic acid groups (broad SMARTS) is 1. The van der Waals surface area contributed by atoms with Crippen LogP contribution in [0, 0.1) is 11.8 Å². The SMILES string of the molecule is CC(C)C[C@H](NC(=O)C(CS)CCCN=C(N)N)C(=O)O. The molecule has 0 saturated heterocycles. The quantitative estimate of drug-likeness (QED) is 0.170. The van der Waals surface area contributed by atoms with Crippen molar-refractivity contribution in [2.24, 2.45) is 28.3 Å². The van der Waals surface area contributed by atoms with Gasteiger partial charge in [-0.1, -0.05) is 13.8 Å². The summed E-state index contributed by atoms with van der Waals surface area (Å²) in [5.74, 6) is -1.11. The highest BCUT2D eigenvalue weighted by Gasteiger charge is 2.24. The fourth-order valence-electron chi connectivity index (χ4n) is 1.83. The van der Waals surface area contributed by atoms with Gasteiger partial charge in [0.25, 0.3) is 0 Å². The van der Waals surface area contributed by atoms with Gasteiger partial charge in [-0.25, -0.2) is 4.79 Å². The van der Waals surface area contributed by atoms with Crippen LogP contribution >= 0.6 is 12.6 Å². The molecule has 0 aromatic heterocycles. The summed E-state index contributed by atoms with van der Waals surface area (Å²) in [6, 6.07) is -0.863. The van der Waals surface area contributed by atoms with Gasteiger partial charge in [0.1, 0.15) is 6.04 Å². The van der Waals surface area contributed by atoms with Crippen LogP contribution < -0.4 is 16.8 Å². The highest BCUT2D eigenvalue weighted by molar-refractivity contribution is 7.80. The van der Waals surface area contributed by atoms with Gasteiger partial charge in [0, 0.05) is 18.2 Å². The second-order valence-corrected chi connectivity index (χ2v) is 5.72. The van der Waals surface area contributed by atoms with Gasteiger partial charge in [-0.15, -0.1) is 0 Å². The lowest BCUT2D eigenvalue weighted by molar-refractivity contribution is -0.142. The Morgan fingerprint density at radius 3 is 2.38 bits per heavy atom. The third-order valence-electron chi connectivity index (χ3n) is 2.92. The summed E-state index contributed by atoms with van der Waals surface area (Å²) in [4.78, 5) is 27.1. The van der Waals surface area contributed by atoms with Gasteiger partial charge < -0.3 is 21.9 Å². The zero-order valence-corrected chi connectivity index (χ0v) is 13.5. The molecule has 122 valence electrons. The minimum absolute atomic E-state index is 0.0183. The minimum Gasteiger partial charge on any atom is -0.480 e. The van der Waals surface area contributed by atoms with Gasteiger partial charge in [-0.2, -0.15) is 12.6 Å². The van der Waals surface area contributed by atoms with E-state index in [1.807, 2.05) is 13.8 Å². The first-order valence-corrected chi connectivity index (χ1v) is 7.60. The van der Waals surface area contributed by atoms with Crippen LogP contribution in [-0.4, -0.2) is 41.3 Å². The molecule has 0 aliphatic heterocycles. The van der Waals surface area contributed by atoms with Crippen molar-refractivity contribution >= 4 is 30.5 Å². The number of hydrogen-bond acceptors (Lipinski definition) is 4. The maximum atomic E-state index is 12.1. The van der Waals surface area contributed by atoms with Crippen LogP contribution in [-0.2, 0) is 9.59 Å². The number of aliphatic imine (C=N–C) groups is 1. The van der Waals surface area contributed by atoms with Gasteiger partial charge in [0.2, 0.25) is 5.91 Å². The minimum atomic E-state index is -1.02.